The quantitative estimate of drug-likeness (QED) is 0.450. The maximum Gasteiger partial charge on any atom is 0.407 e. The second kappa shape index (κ2) is 10.3. The zero-order valence-electron chi connectivity index (χ0n) is 21.0. The topological polar surface area (TPSA) is 122 Å². The molecule has 0 unspecified atom stereocenters. The number of carbonyl (C=O) groups excluding carboxylic acids is 2. The number of amides is 2. The van der Waals surface area contributed by atoms with Crippen molar-refractivity contribution < 1.29 is 14.3 Å². The molecule has 1 aromatic heterocycles. The molecule has 0 radical (unpaired) electrons. The summed E-state index contributed by atoms with van der Waals surface area (Å²) in [5, 5.41) is 16.4. The lowest BCUT2D eigenvalue weighted by atomic mass is 9.91. The highest BCUT2D eigenvalue weighted by molar-refractivity contribution is 5.99. The Labute approximate surface area is 211 Å². The van der Waals surface area contributed by atoms with Crippen molar-refractivity contribution in [3.8, 4) is 6.07 Å². The number of ether oxygens (including phenoxy) is 1. The van der Waals surface area contributed by atoms with Crippen molar-refractivity contribution in [1.29, 1.82) is 5.26 Å². The molecule has 4 rings (SSSR count). The van der Waals surface area contributed by atoms with Crippen LogP contribution in [-0.4, -0.2) is 34.3 Å². The van der Waals surface area contributed by atoms with Crippen molar-refractivity contribution in [3.63, 3.8) is 0 Å². The third-order valence-corrected chi connectivity index (χ3v) is 6.34. The van der Waals surface area contributed by atoms with Gasteiger partial charge < -0.3 is 25.7 Å². The van der Waals surface area contributed by atoms with Gasteiger partial charge in [-0.05, 0) is 82.3 Å². The van der Waals surface area contributed by atoms with Crippen LogP contribution in [0.25, 0.3) is 10.9 Å². The molecule has 0 aliphatic heterocycles. The number of nitrogens with one attached hydrogen (secondary N) is 2. The van der Waals surface area contributed by atoms with Crippen molar-refractivity contribution >= 4 is 28.6 Å². The number of benzene rings is 2. The van der Waals surface area contributed by atoms with E-state index < -0.39 is 11.7 Å². The minimum Gasteiger partial charge on any atom is -0.444 e. The molecule has 0 atom stereocenters. The number of hydrogen-bond acceptors (Lipinski definition) is 5. The second-order valence-corrected chi connectivity index (χ2v) is 10.4. The van der Waals surface area contributed by atoms with Gasteiger partial charge in [0.2, 0.25) is 0 Å². The summed E-state index contributed by atoms with van der Waals surface area (Å²) in [6.45, 7) is 5.98. The molecule has 1 heterocycles. The molecule has 0 spiro atoms. The Morgan fingerprint density at radius 1 is 1.06 bits per heavy atom. The standard InChI is InChI=1S/C28H33N5O3/c1-28(2,3)36-27(35)32-23-11-9-22(10-12-23)31-26(34)25-15-20-8-7-18(16-29)14-24(20)33(25)17-19-5-4-6-21(30)13-19/h4-8,13-15,22-23H,9-12,17,30H2,1-3H3,(H,31,34)(H,32,35)/t22-,23-. The highest BCUT2D eigenvalue weighted by Gasteiger charge is 2.27. The van der Waals surface area contributed by atoms with Gasteiger partial charge in [0.25, 0.3) is 5.91 Å². The van der Waals surface area contributed by atoms with Crippen molar-refractivity contribution in [2.24, 2.45) is 0 Å². The fourth-order valence-electron chi connectivity index (χ4n) is 4.67. The lowest BCUT2D eigenvalue weighted by Gasteiger charge is -2.30. The number of nitriles is 1. The van der Waals surface area contributed by atoms with Gasteiger partial charge in [-0.1, -0.05) is 18.2 Å². The van der Waals surface area contributed by atoms with E-state index in [4.69, 9.17) is 10.5 Å². The Hall–Kier alpha value is -3.99. The molecule has 0 bridgehead atoms. The van der Waals surface area contributed by atoms with E-state index in [0.717, 1.165) is 42.1 Å². The molecule has 1 saturated carbocycles. The van der Waals surface area contributed by atoms with Crippen LogP contribution < -0.4 is 16.4 Å². The Balaban J connectivity index is 1.48. The smallest absolute Gasteiger partial charge is 0.407 e. The summed E-state index contributed by atoms with van der Waals surface area (Å²) in [6, 6.07) is 17.1. The van der Waals surface area contributed by atoms with E-state index in [1.807, 2.05) is 67.8 Å². The number of nitrogens with two attached hydrogens (primary N) is 1. The zero-order chi connectivity index (χ0) is 25.9. The van der Waals surface area contributed by atoms with Crippen LogP contribution in [0.4, 0.5) is 10.5 Å². The normalized spacial score (nSPS) is 17.8. The monoisotopic (exact) mass is 487 g/mol. The number of nitrogen functional groups attached to an aromatic ring is 1. The summed E-state index contributed by atoms with van der Waals surface area (Å²) in [4.78, 5) is 25.5. The van der Waals surface area contributed by atoms with E-state index in [2.05, 4.69) is 16.7 Å². The maximum absolute atomic E-state index is 13.4. The van der Waals surface area contributed by atoms with Gasteiger partial charge in [-0.15, -0.1) is 0 Å². The van der Waals surface area contributed by atoms with Crippen molar-refractivity contribution in [2.45, 2.75) is 70.7 Å². The molecule has 3 aromatic rings. The van der Waals surface area contributed by atoms with Gasteiger partial charge in [0.15, 0.2) is 0 Å². The minimum absolute atomic E-state index is 0.0164. The highest BCUT2D eigenvalue weighted by Crippen LogP contribution is 2.25. The number of aromatic nitrogens is 1. The average molecular weight is 488 g/mol. The number of nitrogens with zero attached hydrogens (tertiary/aromatic N) is 2. The SMILES string of the molecule is CC(C)(C)OC(=O)N[C@H]1CC[C@H](NC(=O)c2cc3ccc(C#N)cc3n2Cc2cccc(N)c2)CC1. The summed E-state index contributed by atoms with van der Waals surface area (Å²) in [5.41, 5.74) is 8.97. The molecule has 8 nitrogen and oxygen atoms in total. The number of fused-ring (bicyclic) bond motifs is 1. The summed E-state index contributed by atoms with van der Waals surface area (Å²) in [5.74, 6) is -0.155. The molecule has 1 fully saturated rings. The zero-order valence-corrected chi connectivity index (χ0v) is 21.0. The number of anilines is 1. The molecule has 0 saturated heterocycles. The number of carbonyl (C=O) groups is 2. The van der Waals surface area contributed by atoms with E-state index in [1.54, 1.807) is 6.07 Å². The first-order chi connectivity index (χ1) is 17.1. The average Bonchev–Trinajstić information content (AvgIpc) is 3.16. The van der Waals surface area contributed by atoms with E-state index in [9.17, 15) is 14.9 Å². The van der Waals surface area contributed by atoms with Crippen LogP contribution in [-0.2, 0) is 11.3 Å². The van der Waals surface area contributed by atoms with Crippen LogP contribution >= 0.6 is 0 Å². The van der Waals surface area contributed by atoms with Gasteiger partial charge in [0.1, 0.15) is 11.3 Å². The molecule has 2 aromatic carbocycles. The fourth-order valence-corrected chi connectivity index (χ4v) is 4.67. The van der Waals surface area contributed by atoms with Gasteiger partial charge in [0, 0.05) is 29.7 Å². The summed E-state index contributed by atoms with van der Waals surface area (Å²) in [6.07, 6.45) is 2.66. The second-order valence-electron chi connectivity index (χ2n) is 10.4. The number of alkyl carbamates (subject to hydrolysis) is 1. The molecular formula is C28H33N5O3. The van der Waals surface area contributed by atoms with Crippen molar-refractivity contribution in [2.75, 3.05) is 5.73 Å². The molecule has 1 aliphatic carbocycles. The Bertz CT molecular complexity index is 1310. The van der Waals surface area contributed by atoms with E-state index in [-0.39, 0.29) is 18.0 Å². The van der Waals surface area contributed by atoms with Gasteiger partial charge >= 0.3 is 6.09 Å². The maximum atomic E-state index is 13.4. The molecule has 8 heteroatoms. The van der Waals surface area contributed by atoms with Crippen LogP contribution in [0.15, 0.2) is 48.5 Å². The fraction of sp³-hybridized carbons (Fsp3) is 0.393. The van der Waals surface area contributed by atoms with Gasteiger partial charge in [-0.2, -0.15) is 5.26 Å². The van der Waals surface area contributed by atoms with E-state index in [1.165, 1.54) is 0 Å². The molecule has 2 amide bonds. The lowest BCUT2D eigenvalue weighted by Crippen LogP contribution is -2.45. The Morgan fingerprint density at radius 2 is 1.75 bits per heavy atom. The van der Waals surface area contributed by atoms with Crippen LogP contribution in [0.5, 0.6) is 0 Å². The van der Waals surface area contributed by atoms with Gasteiger partial charge in [-0.25, -0.2) is 4.79 Å². The predicted octanol–water partition coefficient (Wildman–Crippen LogP) is 4.71. The summed E-state index contributed by atoms with van der Waals surface area (Å²) in [7, 11) is 0. The summed E-state index contributed by atoms with van der Waals surface area (Å²) >= 11 is 0. The van der Waals surface area contributed by atoms with Gasteiger partial charge in [-0.3, -0.25) is 4.79 Å². The molecule has 36 heavy (non-hydrogen) atoms. The molecule has 4 N–H and O–H groups in total. The highest BCUT2D eigenvalue weighted by atomic mass is 16.6. The Morgan fingerprint density at radius 3 is 2.39 bits per heavy atom. The minimum atomic E-state index is -0.535. The molecule has 1 aliphatic rings. The van der Waals surface area contributed by atoms with E-state index >= 15 is 0 Å². The molecular weight excluding hydrogens is 454 g/mol. The number of rotatable bonds is 5. The third kappa shape index (κ3) is 6.16. The first kappa shape index (κ1) is 25.1. The van der Waals surface area contributed by atoms with Crippen LogP contribution in [0, 0.1) is 11.3 Å². The Kier molecular flexibility index (Phi) is 7.20. The first-order valence-electron chi connectivity index (χ1n) is 12.3. The van der Waals surface area contributed by atoms with Crippen molar-refractivity contribution in [3.05, 3.63) is 65.4 Å². The third-order valence-electron chi connectivity index (χ3n) is 6.34. The predicted molar refractivity (Wildman–Crippen MR) is 139 cm³/mol. The first-order valence-corrected chi connectivity index (χ1v) is 12.3. The van der Waals surface area contributed by atoms with Crippen LogP contribution in [0.2, 0.25) is 0 Å². The van der Waals surface area contributed by atoms with Crippen molar-refractivity contribution in [1.82, 2.24) is 15.2 Å². The number of hydrogen-bond donors (Lipinski definition) is 3. The lowest BCUT2D eigenvalue weighted by molar-refractivity contribution is 0.0488. The van der Waals surface area contributed by atoms with Crippen LogP contribution in [0.1, 0.15) is 68.1 Å². The summed E-state index contributed by atoms with van der Waals surface area (Å²) < 4.78 is 7.29. The largest absolute Gasteiger partial charge is 0.444 e. The van der Waals surface area contributed by atoms with Crippen LogP contribution in [0.3, 0.4) is 0 Å². The van der Waals surface area contributed by atoms with E-state index in [0.29, 0.717) is 23.5 Å². The van der Waals surface area contributed by atoms with Gasteiger partial charge in [0.05, 0.1) is 17.1 Å². The molecule has 188 valence electrons.